The van der Waals surface area contributed by atoms with Crippen molar-refractivity contribution < 1.29 is 32.6 Å². The summed E-state index contributed by atoms with van der Waals surface area (Å²) in [6, 6.07) is 19.6. The highest BCUT2D eigenvalue weighted by Crippen LogP contribution is 2.29. The molecule has 0 aliphatic carbocycles. The van der Waals surface area contributed by atoms with Gasteiger partial charge in [0.2, 0.25) is 0 Å². The second-order valence-electron chi connectivity index (χ2n) is 7.89. The topological polar surface area (TPSA) is 67.8 Å². The van der Waals surface area contributed by atoms with Crippen molar-refractivity contribution in [2.75, 3.05) is 0 Å². The molecule has 3 aromatic rings. The Bertz CT molecular complexity index is 1160. The lowest BCUT2D eigenvalue weighted by Gasteiger charge is -2.17. The van der Waals surface area contributed by atoms with Crippen LogP contribution in [-0.4, -0.2) is 17.2 Å². The first-order valence-corrected chi connectivity index (χ1v) is 11.0. The molecule has 0 aromatic heterocycles. The number of carboxylic acid groups (broad SMARTS) is 1. The van der Waals surface area contributed by atoms with Gasteiger partial charge in [-0.1, -0.05) is 49.4 Å². The average molecular weight is 486 g/mol. The number of ether oxygens (including phenoxy) is 1. The monoisotopic (exact) mass is 485 g/mol. The molecule has 5 nitrogen and oxygen atoms in total. The van der Waals surface area contributed by atoms with Crippen LogP contribution in [0.1, 0.15) is 41.2 Å². The molecule has 8 heteroatoms. The highest BCUT2D eigenvalue weighted by molar-refractivity contribution is 5.80. The van der Waals surface area contributed by atoms with E-state index in [-0.39, 0.29) is 6.61 Å². The van der Waals surface area contributed by atoms with Crippen LogP contribution in [0.25, 0.3) is 11.8 Å². The Morgan fingerprint density at radius 1 is 1.06 bits per heavy atom. The Labute approximate surface area is 201 Å². The van der Waals surface area contributed by atoms with Crippen LogP contribution >= 0.6 is 0 Å². The Hall–Kier alpha value is -3.78. The van der Waals surface area contributed by atoms with E-state index in [9.17, 15) is 23.1 Å². The summed E-state index contributed by atoms with van der Waals surface area (Å²) < 4.78 is 44.0. The van der Waals surface area contributed by atoms with Crippen molar-refractivity contribution in [2.45, 2.75) is 39.2 Å². The first-order valence-electron chi connectivity index (χ1n) is 11.0. The van der Waals surface area contributed by atoms with E-state index in [2.05, 4.69) is 5.48 Å². The summed E-state index contributed by atoms with van der Waals surface area (Å²) in [4.78, 5) is 16.9. The number of alkyl halides is 3. The van der Waals surface area contributed by atoms with Crippen LogP contribution in [0.15, 0.2) is 72.8 Å². The molecule has 1 unspecified atom stereocenters. The predicted molar refractivity (Wildman–Crippen MR) is 127 cm³/mol. The summed E-state index contributed by atoms with van der Waals surface area (Å²) in [6.45, 7) is 3.60. The van der Waals surface area contributed by atoms with E-state index in [4.69, 9.17) is 9.57 Å². The molecule has 1 atom stereocenters. The van der Waals surface area contributed by atoms with E-state index in [1.807, 2.05) is 49.4 Å². The lowest BCUT2D eigenvalue weighted by Crippen LogP contribution is -2.26. The molecular weight excluding hydrogens is 459 g/mol. The Morgan fingerprint density at radius 2 is 1.74 bits per heavy atom. The summed E-state index contributed by atoms with van der Waals surface area (Å²) >= 11 is 0. The molecule has 184 valence electrons. The number of aryl methyl sites for hydroxylation is 1. The SMILES string of the molecule is CCC(Oc1ccc(C(=Cc2ccccc2)NOCc2ccc(C(F)(F)F)cc2)cc1C)C(=O)O. The standard InChI is InChI=1S/C27H26F3NO4/c1-3-24(26(32)33)35-25-14-11-21(15-18(25)2)23(16-19-7-5-4-6-8-19)31-34-17-20-9-12-22(13-10-20)27(28,29)30/h4-16,24,31H,3,17H2,1-2H3,(H,32,33). The summed E-state index contributed by atoms with van der Waals surface area (Å²) in [5, 5.41) is 9.26. The Kier molecular flexibility index (Phi) is 8.54. The lowest BCUT2D eigenvalue weighted by atomic mass is 10.1. The van der Waals surface area contributed by atoms with Crippen molar-refractivity contribution in [2.24, 2.45) is 0 Å². The van der Waals surface area contributed by atoms with E-state index in [1.54, 1.807) is 19.1 Å². The minimum absolute atomic E-state index is 0.0429. The van der Waals surface area contributed by atoms with Gasteiger partial charge in [0.25, 0.3) is 0 Å². The van der Waals surface area contributed by atoms with Crippen LogP contribution in [0.4, 0.5) is 13.2 Å². The fourth-order valence-corrected chi connectivity index (χ4v) is 3.29. The fraction of sp³-hybridized carbons (Fsp3) is 0.222. The number of rotatable bonds is 10. The molecule has 2 N–H and O–H groups in total. The number of hydroxylamine groups is 1. The second kappa shape index (κ2) is 11.6. The smallest absolute Gasteiger partial charge is 0.416 e. The average Bonchev–Trinajstić information content (AvgIpc) is 2.83. The molecule has 3 aromatic carbocycles. The van der Waals surface area contributed by atoms with Gasteiger partial charge < -0.3 is 9.84 Å². The number of carboxylic acids is 1. The Morgan fingerprint density at radius 3 is 2.31 bits per heavy atom. The van der Waals surface area contributed by atoms with Gasteiger partial charge >= 0.3 is 12.1 Å². The van der Waals surface area contributed by atoms with E-state index < -0.39 is 23.8 Å². The summed E-state index contributed by atoms with van der Waals surface area (Å²) in [7, 11) is 0. The highest BCUT2D eigenvalue weighted by Gasteiger charge is 2.29. The maximum absolute atomic E-state index is 12.8. The van der Waals surface area contributed by atoms with Gasteiger partial charge in [-0.05, 0) is 66.4 Å². The zero-order chi connectivity index (χ0) is 25.4. The predicted octanol–water partition coefficient (Wildman–Crippen LogP) is 6.48. The van der Waals surface area contributed by atoms with Crippen molar-refractivity contribution in [3.8, 4) is 5.75 Å². The first kappa shape index (κ1) is 25.8. The van der Waals surface area contributed by atoms with Crippen molar-refractivity contribution in [1.82, 2.24) is 5.48 Å². The normalized spacial score (nSPS) is 12.8. The maximum Gasteiger partial charge on any atom is 0.416 e. The largest absolute Gasteiger partial charge is 0.479 e. The number of halogens is 3. The summed E-state index contributed by atoms with van der Waals surface area (Å²) in [5.74, 6) is -0.563. The number of nitrogens with one attached hydrogen (secondary N) is 1. The molecule has 0 heterocycles. The van der Waals surface area contributed by atoms with Crippen molar-refractivity contribution in [1.29, 1.82) is 0 Å². The van der Waals surface area contributed by atoms with E-state index in [0.717, 1.165) is 28.8 Å². The third kappa shape index (κ3) is 7.35. The minimum Gasteiger partial charge on any atom is -0.479 e. The molecule has 0 saturated heterocycles. The fourth-order valence-electron chi connectivity index (χ4n) is 3.29. The van der Waals surface area contributed by atoms with Crippen LogP contribution < -0.4 is 10.2 Å². The lowest BCUT2D eigenvalue weighted by molar-refractivity contribution is -0.145. The number of hydrogen-bond donors (Lipinski definition) is 2. The van der Waals surface area contributed by atoms with E-state index >= 15 is 0 Å². The van der Waals surface area contributed by atoms with Crippen molar-refractivity contribution in [3.05, 3.63) is 101 Å². The number of carbonyl (C=O) groups is 1. The summed E-state index contributed by atoms with van der Waals surface area (Å²) in [6.07, 6.45) is -3.13. The second-order valence-corrected chi connectivity index (χ2v) is 7.89. The number of aliphatic carboxylic acids is 1. The van der Waals surface area contributed by atoms with Gasteiger partial charge in [-0.25, -0.2) is 4.79 Å². The summed E-state index contributed by atoms with van der Waals surface area (Å²) in [5.41, 5.74) is 5.77. The molecule has 0 fully saturated rings. The third-order valence-corrected chi connectivity index (χ3v) is 5.21. The van der Waals surface area contributed by atoms with Crippen LogP contribution in [0, 0.1) is 6.92 Å². The zero-order valence-electron chi connectivity index (χ0n) is 19.3. The van der Waals surface area contributed by atoms with Gasteiger partial charge in [-0.3, -0.25) is 10.3 Å². The van der Waals surface area contributed by atoms with Crippen LogP contribution in [-0.2, 0) is 22.4 Å². The van der Waals surface area contributed by atoms with Gasteiger partial charge in [0.1, 0.15) is 5.75 Å². The molecular formula is C27H26F3NO4. The van der Waals surface area contributed by atoms with Crippen molar-refractivity contribution >= 4 is 17.7 Å². The quantitative estimate of drug-likeness (QED) is 0.254. The Balaban J connectivity index is 1.78. The van der Waals surface area contributed by atoms with Gasteiger partial charge in [0.15, 0.2) is 6.10 Å². The molecule has 0 bridgehead atoms. The van der Waals surface area contributed by atoms with Crippen LogP contribution in [0.2, 0.25) is 0 Å². The highest BCUT2D eigenvalue weighted by atomic mass is 19.4. The van der Waals surface area contributed by atoms with Crippen molar-refractivity contribution in [3.63, 3.8) is 0 Å². The van der Waals surface area contributed by atoms with Crippen LogP contribution in [0.3, 0.4) is 0 Å². The number of benzene rings is 3. The number of hydrogen-bond acceptors (Lipinski definition) is 4. The van der Waals surface area contributed by atoms with E-state index in [0.29, 0.717) is 23.4 Å². The molecule has 0 aliphatic rings. The van der Waals surface area contributed by atoms with Gasteiger partial charge in [-0.15, -0.1) is 0 Å². The zero-order valence-corrected chi connectivity index (χ0v) is 19.3. The minimum atomic E-state index is -4.39. The molecule has 35 heavy (non-hydrogen) atoms. The first-order chi connectivity index (χ1) is 16.7. The maximum atomic E-state index is 12.8. The van der Waals surface area contributed by atoms with Gasteiger partial charge in [-0.2, -0.15) is 13.2 Å². The van der Waals surface area contributed by atoms with Crippen LogP contribution in [0.5, 0.6) is 5.75 Å². The van der Waals surface area contributed by atoms with Gasteiger partial charge in [0.05, 0.1) is 17.9 Å². The molecule has 3 rings (SSSR count). The third-order valence-electron chi connectivity index (χ3n) is 5.21. The van der Waals surface area contributed by atoms with E-state index in [1.165, 1.54) is 12.1 Å². The molecule has 0 aliphatic heterocycles. The molecule has 0 radical (unpaired) electrons. The molecule has 0 saturated carbocycles. The van der Waals surface area contributed by atoms with Gasteiger partial charge in [0, 0.05) is 5.56 Å². The molecule has 0 spiro atoms. The molecule has 0 amide bonds.